The van der Waals surface area contributed by atoms with Crippen molar-refractivity contribution in [2.75, 3.05) is 5.32 Å². The van der Waals surface area contributed by atoms with E-state index in [0.29, 0.717) is 0 Å². The van der Waals surface area contributed by atoms with Gasteiger partial charge < -0.3 is 5.32 Å². The molecule has 0 bridgehead atoms. The van der Waals surface area contributed by atoms with Crippen molar-refractivity contribution in [2.45, 2.75) is 19.9 Å². The van der Waals surface area contributed by atoms with Gasteiger partial charge in [0.2, 0.25) is 0 Å². The van der Waals surface area contributed by atoms with E-state index in [2.05, 4.69) is 17.3 Å². The predicted octanol–water partition coefficient (Wildman–Crippen LogP) is 3.25. The van der Waals surface area contributed by atoms with E-state index in [4.69, 9.17) is 11.6 Å². The van der Waals surface area contributed by atoms with E-state index < -0.39 is 0 Å². The smallest absolute Gasteiger partial charge is 0.0853 e. The predicted molar refractivity (Wildman–Crippen MR) is 71.4 cm³/mol. The van der Waals surface area contributed by atoms with Crippen LogP contribution < -0.4 is 5.32 Å². The second-order valence-corrected chi connectivity index (χ2v) is 4.37. The molecule has 90 valence electrons. The molecule has 0 aliphatic rings. The summed E-state index contributed by atoms with van der Waals surface area (Å²) in [5.74, 6) is 0. The van der Waals surface area contributed by atoms with E-state index in [0.717, 1.165) is 34.9 Å². The van der Waals surface area contributed by atoms with Gasteiger partial charge in [-0.25, -0.2) is 0 Å². The average Bonchev–Trinajstić information content (AvgIpc) is 2.69. The van der Waals surface area contributed by atoms with Crippen molar-refractivity contribution in [2.24, 2.45) is 7.05 Å². The first-order valence-corrected chi connectivity index (χ1v) is 6.08. The van der Waals surface area contributed by atoms with Crippen LogP contribution in [0.2, 0.25) is 5.02 Å². The topological polar surface area (TPSA) is 29.9 Å². The first-order valence-electron chi connectivity index (χ1n) is 5.70. The molecule has 1 aromatic heterocycles. The molecule has 0 aliphatic heterocycles. The SMILES string of the molecule is CCc1nn(C)cc1NCc1ccccc1Cl. The van der Waals surface area contributed by atoms with Gasteiger partial charge in [0.1, 0.15) is 0 Å². The zero-order valence-corrected chi connectivity index (χ0v) is 10.8. The van der Waals surface area contributed by atoms with Crippen molar-refractivity contribution in [1.82, 2.24) is 9.78 Å². The summed E-state index contributed by atoms with van der Waals surface area (Å²) < 4.78 is 1.83. The van der Waals surface area contributed by atoms with E-state index in [1.807, 2.05) is 42.2 Å². The molecular weight excluding hydrogens is 234 g/mol. The largest absolute Gasteiger partial charge is 0.378 e. The summed E-state index contributed by atoms with van der Waals surface area (Å²) in [5, 5.41) is 8.55. The van der Waals surface area contributed by atoms with Gasteiger partial charge in [0.25, 0.3) is 0 Å². The molecule has 0 amide bonds. The van der Waals surface area contributed by atoms with E-state index in [9.17, 15) is 0 Å². The highest BCUT2D eigenvalue weighted by Gasteiger charge is 2.06. The van der Waals surface area contributed by atoms with E-state index in [1.54, 1.807) is 0 Å². The highest BCUT2D eigenvalue weighted by atomic mass is 35.5. The third kappa shape index (κ3) is 2.80. The fraction of sp³-hybridized carbons (Fsp3) is 0.308. The van der Waals surface area contributed by atoms with Gasteiger partial charge in [0.05, 0.1) is 11.4 Å². The maximum Gasteiger partial charge on any atom is 0.0853 e. The number of nitrogens with one attached hydrogen (secondary N) is 1. The number of nitrogens with zero attached hydrogens (tertiary/aromatic N) is 2. The average molecular weight is 250 g/mol. The molecule has 4 heteroatoms. The van der Waals surface area contributed by atoms with E-state index >= 15 is 0 Å². The number of halogens is 1. The fourth-order valence-electron chi connectivity index (χ4n) is 1.78. The number of hydrogen-bond donors (Lipinski definition) is 1. The Morgan fingerprint density at radius 1 is 1.35 bits per heavy atom. The second-order valence-electron chi connectivity index (χ2n) is 3.96. The Balaban J connectivity index is 2.09. The molecule has 0 spiro atoms. The lowest BCUT2D eigenvalue weighted by Gasteiger charge is -2.07. The van der Waals surface area contributed by atoms with Crippen LogP contribution in [0.25, 0.3) is 0 Å². The van der Waals surface area contributed by atoms with Gasteiger partial charge in [-0.05, 0) is 18.1 Å². The van der Waals surface area contributed by atoms with Crippen molar-refractivity contribution in [3.8, 4) is 0 Å². The van der Waals surface area contributed by atoms with E-state index in [-0.39, 0.29) is 0 Å². The van der Waals surface area contributed by atoms with Crippen LogP contribution in [0.5, 0.6) is 0 Å². The van der Waals surface area contributed by atoms with Gasteiger partial charge in [0, 0.05) is 24.8 Å². The second kappa shape index (κ2) is 5.23. The van der Waals surface area contributed by atoms with Gasteiger partial charge in [-0.3, -0.25) is 4.68 Å². The fourth-order valence-corrected chi connectivity index (χ4v) is 1.98. The van der Waals surface area contributed by atoms with E-state index in [1.165, 1.54) is 0 Å². The summed E-state index contributed by atoms with van der Waals surface area (Å²) in [6.07, 6.45) is 2.92. The van der Waals surface area contributed by atoms with Crippen molar-refractivity contribution >= 4 is 17.3 Å². The molecule has 1 heterocycles. The highest BCUT2D eigenvalue weighted by Crippen LogP contribution is 2.19. The van der Waals surface area contributed by atoms with Crippen molar-refractivity contribution < 1.29 is 0 Å². The number of aromatic nitrogens is 2. The molecule has 1 aromatic carbocycles. The normalized spacial score (nSPS) is 10.5. The highest BCUT2D eigenvalue weighted by molar-refractivity contribution is 6.31. The van der Waals surface area contributed by atoms with Crippen LogP contribution in [0.1, 0.15) is 18.2 Å². The van der Waals surface area contributed by atoms with Crippen molar-refractivity contribution in [3.63, 3.8) is 0 Å². The molecule has 17 heavy (non-hydrogen) atoms. The Bertz CT molecular complexity index is 505. The number of rotatable bonds is 4. The number of aryl methyl sites for hydroxylation is 2. The maximum atomic E-state index is 6.11. The van der Waals surface area contributed by atoms with Crippen LogP contribution >= 0.6 is 11.6 Å². The third-order valence-electron chi connectivity index (χ3n) is 2.67. The Kier molecular flexibility index (Phi) is 3.69. The van der Waals surface area contributed by atoms with Crippen LogP contribution in [0, 0.1) is 0 Å². The molecule has 0 atom stereocenters. The van der Waals surface area contributed by atoms with Crippen LogP contribution in [-0.2, 0) is 20.0 Å². The molecule has 0 saturated heterocycles. The van der Waals surface area contributed by atoms with Gasteiger partial charge in [-0.2, -0.15) is 5.10 Å². The molecule has 1 N–H and O–H groups in total. The Morgan fingerprint density at radius 3 is 2.82 bits per heavy atom. The summed E-state index contributed by atoms with van der Waals surface area (Å²) in [7, 11) is 1.93. The minimum atomic E-state index is 0.721. The Labute approximate surface area is 106 Å². The Hall–Kier alpha value is -1.48. The molecular formula is C13H16ClN3. The van der Waals surface area contributed by atoms with Crippen LogP contribution in [-0.4, -0.2) is 9.78 Å². The van der Waals surface area contributed by atoms with Crippen LogP contribution in [0.4, 0.5) is 5.69 Å². The lowest BCUT2D eigenvalue weighted by molar-refractivity contribution is 0.746. The van der Waals surface area contributed by atoms with Crippen molar-refractivity contribution in [3.05, 3.63) is 46.7 Å². The molecule has 2 rings (SSSR count). The number of hydrogen-bond acceptors (Lipinski definition) is 2. The lowest BCUT2D eigenvalue weighted by Crippen LogP contribution is -2.01. The quantitative estimate of drug-likeness (QED) is 0.902. The maximum absolute atomic E-state index is 6.11. The van der Waals surface area contributed by atoms with Crippen molar-refractivity contribution in [1.29, 1.82) is 0 Å². The molecule has 2 aromatic rings. The zero-order chi connectivity index (χ0) is 12.3. The minimum absolute atomic E-state index is 0.721. The third-order valence-corrected chi connectivity index (χ3v) is 3.04. The van der Waals surface area contributed by atoms with Gasteiger partial charge in [-0.1, -0.05) is 36.7 Å². The monoisotopic (exact) mass is 249 g/mol. The summed E-state index contributed by atoms with van der Waals surface area (Å²) in [5.41, 5.74) is 3.26. The van der Waals surface area contributed by atoms with Crippen LogP contribution in [0.15, 0.2) is 30.5 Å². The summed E-state index contributed by atoms with van der Waals surface area (Å²) in [6, 6.07) is 7.86. The standard InChI is InChI=1S/C13H16ClN3/c1-3-12-13(9-17(2)16-12)15-8-10-6-4-5-7-11(10)14/h4-7,9,15H,3,8H2,1-2H3. The summed E-state index contributed by atoms with van der Waals surface area (Å²) in [4.78, 5) is 0. The molecule has 3 nitrogen and oxygen atoms in total. The molecule has 0 saturated carbocycles. The lowest BCUT2D eigenvalue weighted by atomic mass is 10.2. The van der Waals surface area contributed by atoms with Gasteiger partial charge in [0.15, 0.2) is 0 Å². The Morgan fingerprint density at radius 2 is 2.12 bits per heavy atom. The first kappa shape index (κ1) is 12.0. The summed E-state index contributed by atoms with van der Waals surface area (Å²) in [6.45, 7) is 2.82. The minimum Gasteiger partial charge on any atom is -0.378 e. The zero-order valence-electron chi connectivity index (χ0n) is 10.1. The molecule has 0 fully saturated rings. The van der Waals surface area contributed by atoms with Crippen LogP contribution in [0.3, 0.4) is 0 Å². The molecule has 0 radical (unpaired) electrons. The summed E-state index contributed by atoms with van der Waals surface area (Å²) >= 11 is 6.11. The molecule has 0 unspecified atom stereocenters. The number of benzene rings is 1. The molecule has 0 aliphatic carbocycles. The van der Waals surface area contributed by atoms with Gasteiger partial charge >= 0.3 is 0 Å². The van der Waals surface area contributed by atoms with Gasteiger partial charge in [-0.15, -0.1) is 0 Å². The number of anilines is 1. The first-order chi connectivity index (χ1) is 8.20.